The van der Waals surface area contributed by atoms with Crippen LogP contribution in [0, 0.1) is 6.92 Å². The molecular weight excluding hydrogens is 314 g/mol. The van der Waals surface area contributed by atoms with Crippen LogP contribution in [0.25, 0.3) is 0 Å². The third-order valence-corrected chi connectivity index (χ3v) is 4.45. The maximum atomic E-state index is 12.1. The fourth-order valence-corrected chi connectivity index (χ4v) is 3.20. The van der Waals surface area contributed by atoms with Gasteiger partial charge >= 0.3 is 0 Å². The van der Waals surface area contributed by atoms with Gasteiger partial charge in [-0.3, -0.25) is 14.4 Å². The second-order valence-electron chi connectivity index (χ2n) is 6.73. The average molecular weight is 341 g/mol. The molecule has 0 aliphatic carbocycles. The largest absolute Gasteiger partial charge is 0.351 e. The highest BCUT2D eigenvalue weighted by Crippen LogP contribution is 2.13. The molecule has 1 aliphatic heterocycles. The van der Waals surface area contributed by atoms with Crippen molar-refractivity contribution in [1.29, 1.82) is 0 Å². The number of nitrogens with zero attached hydrogens (tertiary/aromatic N) is 3. The summed E-state index contributed by atoms with van der Waals surface area (Å²) in [6, 6.07) is 10.7. The highest BCUT2D eigenvalue weighted by molar-refractivity contribution is 5.78. The number of aromatic nitrogens is 2. The molecule has 0 unspecified atom stereocenters. The first kappa shape index (κ1) is 17.6. The van der Waals surface area contributed by atoms with E-state index in [4.69, 9.17) is 0 Å². The van der Waals surface area contributed by atoms with Gasteiger partial charge in [0.1, 0.15) is 0 Å². The molecule has 1 aliphatic rings. The van der Waals surface area contributed by atoms with Gasteiger partial charge in [-0.2, -0.15) is 5.10 Å². The lowest BCUT2D eigenvalue weighted by atomic mass is 10.2. The van der Waals surface area contributed by atoms with Crippen molar-refractivity contribution in [3.8, 4) is 0 Å². The zero-order chi connectivity index (χ0) is 17.5. The Morgan fingerprint density at radius 3 is 2.92 bits per heavy atom. The number of rotatable bonds is 8. The number of hydrogen-bond donors (Lipinski definition) is 2. The van der Waals surface area contributed by atoms with Crippen molar-refractivity contribution in [2.75, 3.05) is 26.2 Å². The minimum Gasteiger partial charge on any atom is -0.351 e. The van der Waals surface area contributed by atoms with E-state index in [0.717, 1.165) is 44.7 Å². The van der Waals surface area contributed by atoms with Crippen LogP contribution < -0.4 is 10.6 Å². The van der Waals surface area contributed by atoms with Gasteiger partial charge in [-0.1, -0.05) is 30.3 Å². The molecule has 2 heterocycles. The molecule has 0 saturated carbocycles. The fraction of sp³-hybridized carbons (Fsp3) is 0.474. The van der Waals surface area contributed by atoms with Crippen molar-refractivity contribution in [2.45, 2.75) is 32.5 Å². The average Bonchev–Trinajstić information content (AvgIpc) is 3.21. The molecule has 0 bridgehead atoms. The van der Waals surface area contributed by atoms with Crippen LogP contribution in [-0.4, -0.2) is 52.8 Å². The van der Waals surface area contributed by atoms with Crippen LogP contribution in [0.3, 0.4) is 0 Å². The molecule has 0 radical (unpaired) electrons. The van der Waals surface area contributed by atoms with Crippen LogP contribution in [0.4, 0.5) is 0 Å². The third-order valence-electron chi connectivity index (χ3n) is 4.45. The Balaban J connectivity index is 1.30. The molecule has 25 heavy (non-hydrogen) atoms. The molecule has 1 atom stereocenters. The van der Waals surface area contributed by atoms with Crippen LogP contribution in [0.2, 0.25) is 0 Å². The maximum Gasteiger partial charge on any atom is 0.234 e. The van der Waals surface area contributed by atoms with Crippen LogP contribution in [0.5, 0.6) is 0 Å². The Hall–Kier alpha value is -2.18. The van der Waals surface area contributed by atoms with Crippen molar-refractivity contribution in [1.82, 2.24) is 25.3 Å². The van der Waals surface area contributed by atoms with E-state index >= 15 is 0 Å². The Bertz CT molecular complexity index is 669. The van der Waals surface area contributed by atoms with Gasteiger partial charge in [-0.25, -0.2) is 0 Å². The Morgan fingerprint density at radius 2 is 2.16 bits per heavy atom. The molecule has 134 valence electrons. The number of amides is 1. The molecule has 1 aromatic carbocycles. The van der Waals surface area contributed by atoms with E-state index in [2.05, 4.69) is 44.9 Å². The molecule has 6 heteroatoms. The van der Waals surface area contributed by atoms with Crippen molar-refractivity contribution in [2.24, 2.45) is 0 Å². The summed E-state index contributed by atoms with van der Waals surface area (Å²) in [6.45, 7) is 6.80. The van der Waals surface area contributed by atoms with Crippen molar-refractivity contribution < 1.29 is 4.79 Å². The highest BCUT2D eigenvalue weighted by Gasteiger charge is 2.23. The molecule has 1 saturated heterocycles. The van der Waals surface area contributed by atoms with Gasteiger partial charge in [-0.15, -0.1) is 0 Å². The zero-order valence-electron chi connectivity index (χ0n) is 14.8. The number of carbonyl (C=O) groups excluding carboxylic acids is 1. The third kappa shape index (κ3) is 5.69. The predicted molar refractivity (Wildman–Crippen MR) is 98.1 cm³/mol. The molecular formula is C19H27N5O. The number of carbonyl (C=O) groups is 1. The topological polar surface area (TPSA) is 62.2 Å². The molecule has 1 fully saturated rings. The summed E-state index contributed by atoms with van der Waals surface area (Å²) in [5, 5.41) is 10.5. The second kappa shape index (κ2) is 8.78. The molecule has 3 rings (SSSR count). The lowest BCUT2D eigenvalue weighted by molar-refractivity contribution is -0.120. The van der Waals surface area contributed by atoms with Gasteiger partial charge in [0.15, 0.2) is 0 Å². The summed E-state index contributed by atoms with van der Waals surface area (Å²) < 4.78 is 1.89. The van der Waals surface area contributed by atoms with E-state index in [1.807, 2.05) is 30.1 Å². The van der Waals surface area contributed by atoms with E-state index < -0.39 is 0 Å². The van der Waals surface area contributed by atoms with Gasteiger partial charge in [0, 0.05) is 38.4 Å². The zero-order valence-corrected chi connectivity index (χ0v) is 14.8. The van der Waals surface area contributed by atoms with Crippen LogP contribution in [0.15, 0.2) is 42.7 Å². The van der Waals surface area contributed by atoms with Crippen LogP contribution >= 0.6 is 0 Å². The molecule has 2 N–H and O–H groups in total. The number of nitrogens with one attached hydrogen (secondary N) is 2. The van der Waals surface area contributed by atoms with E-state index in [1.54, 1.807) is 0 Å². The first-order valence-corrected chi connectivity index (χ1v) is 8.94. The molecule has 1 aromatic heterocycles. The van der Waals surface area contributed by atoms with Gasteiger partial charge in [0.05, 0.1) is 19.3 Å². The first-order chi connectivity index (χ1) is 12.2. The van der Waals surface area contributed by atoms with Gasteiger partial charge in [0.2, 0.25) is 5.91 Å². The SMILES string of the molecule is Cc1cnn(CCNCC(=O)N[C@H]2CCN(Cc3ccccc3)C2)c1. The molecule has 1 amide bonds. The molecule has 2 aromatic rings. The molecule has 6 nitrogen and oxygen atoms in total. The van der Waals surface area contributed by atoms with E-state index in [1.165, 1.54) is 5.56 Å². The minimum atomic E-state index is 0.0724. The Labute approximate surface area is 149 Å². The minimum absolute atomic E-state index is 0.0724. The van der Waals surface area contributed by atoms with E-state index in [0.29, 0.717) is 6.54 Å². The lowest BCUT2D eigenvalue weighted by Gasteiger charge is -2.17. The number of aryl methyl sites for hydroxylation is 1. The van der Waals surface area contributed by atoms with Gasteiger partial charge < -0.3 is 10.6 Å². The highest BCUT2D eigenvalue weighted by atomic mass is 16.2. The standard InChI is InChI=1S/C19H27N5O/c1-16-11-21-24(13-16)10-8-20-12-19(25)22-18-7-9-23(15-18)14-17-5-3-2-4-6-17/h2-6,11,13,18,20H,7-10,12,14-15H2,1H3,(H,22,25)/t18-/m0/s1. The summed E-state index contributed by atoms with van der Waals surface area (Å²) in [7, 11) is 0. The van der Waals surface area contributed by atoms with Gasteiger partial charge in [0.25, 0.3) is 0 Å². The van der Waals surface area contributed by atoms with Crippen molar-refractivity contribution >= 4 is 5.91 Å². The van der Waals surface area contributed by atoms with Crippen molar-refractivity contribution in [3.05, 3.63) is 53.9 Å². The number of likely N-dealkylation sites (tertiary alicyclic amines) is 1. The summed E-state index contributed by atoms with van der Waals surface area (Å²) in [6.07, 6.45) is 4.86. The summed E-state index contributed by atoms with van der Waals surface area (Å²) in [5.74, 6) is 0.0724. The van der Waals surface area contributed by atoms with E-state index in [-0.39, 0.29) is 11.9 Å². The van der Waals surface area contributed by atoms with E-state index in [9.17, 15) is 4.79 Å². The van der Waals surface area contributed by atoms with Crippen molar-refractivity contribution in [3.63, 3.8) is 0 Å². The maximum absolute atomic E-state index is 12.1. The normalized spacial score (nSPS) is 17.7. The Morgan fingerprint density at radius 1 is 1.32 bits per heavy atom. The van der Waals surface area contributed by atoms with Crippen LogP contribution in [0.1, 0.15) is 17.5 Å². The quantitative estimate of drug-likeness (QED) is 0.708. The number of hydrogen-bond acceptors (Lipinski definition) is 4. The summed E-state index contributed by atoms with van der Waals surface area (Å²) in [4.78, 5) is 14.5. The van der Waals surface area contributed by atoms with Crippen LogP contribution in [-0.2, 0) is 17.9 Å². The predicted octanol–water partition coefficient (Wildman–Crippen LogP) is 1.17. The fourth-order valence-electron chi connectivity index (χ4n) is 3.20. The summed E-state index contributed by atoms with van der Waals surface area (Å²) in [5.41, 5.74) is 2.48. The molecule has 0 spiro atoms. The monoisotopic (exact) mass is 341 g/mol. The summed E-state index contributed by atoms with van der Waals surface area (Å²) >= 11 is 0. The first-order valence-electron chi connectivity index (χ1n) is 8.94. The second-order valence-corrected chi connectivity index (χ2v) is 6.73. The smallest absolute Gasteiger partial charge is 0.234 e. The van der Waals surface area contributed by atoms with Gasteiger partial charge in [-0.05, 0) is 24.5 Å². The lowest BCUT2D eigenvalue weighted by Crippen LogP contribution is -2.42. The number of benzene rings is 1. The Kier molecular flexibility index (Phi) is 6.19.